The van der Waals surface area contributed by atoms with Gasteiger partial charge in [0.2, 0.25) is 18.1 Å². The van der Waals surface area contributed by atoms with Crippen LogP contribution in [-0.4, -0.2) is 66.2 Å². The number of halogens is 1. The molecule has 0 spiro atoms. The Hall–Kier alpha value is -2.85. The molecule has 0 saturated carbocycles. The molecule has 186 valence electrons. The van der Waals surface area contributed by atoms with E-state index in [0.29, 0.717) is 31.7 Å². The molecule has 2 saturated heterocycles. The molecule has 2 heterocycles. The number of hydrogen-bond donors (Lipinski definition) is 3. The lowest BCUT2D eigenvalue weighted by Gasteiger charge is -2.28. The standard InChI is InChI=1S/C23H31ClN4O6/c1-12(2)11-33-23-17(10-19(29)34-23)27-21(31)18-5-4-8-28(18)22(32)13(3)26-20(30)14-6-7-16(25)15(24)9-14/h6-7,9,12-13,17-18,23H,4-5,8,10-11,25H2,1-3H3,(H,26,30)(H,27,31)/t13-,17?,18-,23?/m0/s1. The first-order valence-electron chi connectivity index (χ1n) is 11.3. The summed E-state index contributed by atoms with van der Waals surface area (Å²) in [5, 5.41) is 5.70. The Balaban J connectivity index is 1.60. The zero-order chi connectivity index (χ0) is 25.0. The third-order valence-electron chi connectivity index (χ3n) is 5.70. The van der Waals surface area contributed by atoms with Crippen molar-refractivity contribution >= 4 is 41.0 Å². The highest BCUT2D eigenvalue weighted by Crippen LogP contribution is 2.23. The first kappa shape index (κ1) is 25.8. The van der Waals surface area contributed by atoms with Gasteiger partial charge in [0.1, 0.15) is 18.1 Å². The van der Waals surface area contributed by atoms with Crippen molar-refractivity contribution in [2.24, 2.45) is 5.92 Å². The number of hydrogen-bond acceptors (Lipinski definition) is 7. The highest BCUT2D eigenvalue weighted by atomic mass is 35.5. The van der Waals surface area contributed by atoms with Gasteiger partial charge in [0.15, 0.2) is 0 Å². The van der Waals surface area contributed by atoms with Gasteiger partial charge < -0.3 is 30.7 Å². The van der Waals surface area contributed by atoms with Crippen LogP contribution in [0.1, 0.15) is 50.4 Å². The van der Waals surface area contributed by atoms with Gasteiger partial charge in [-0.2, -0.15) is 0 Å². The molecule has 0 aromatic heterocycles. The molecule has 0 bridgehead atoms. The molecule has 0 radical (unpaired) electrons. The van der Waals surface area contributed by atoms with E-state index >= 15 is 0 Å². The number of esters is 1. The van der Waals surface area contributed by atoms with Crippen LogP contribution in [0.4, 0.5) is 5.69 Å². The van der Waals surface area contributed by atoms with Gasteiger partial charge in [0.05, 0.1) is 23.7 Å². The Morgan fingerprint density at radius 1 is 1.29 bits per heavy atom. The van der Waals surface area contributed by atoms with Crippen LogP contribution in [-0.2, 0) is 23.9 Å². The number of nitrogens with two attached hydrogens (primary N) is 1. The molecule has 3 rings (SSSR count). The summed E-state index contributed by atoms with van der Waals surface area (Å²) in [4.78, 5) is 51.8. The fraction of sp³-hybridized carbons (Fsp3) is 0.565. The van der Waals surface area contributed by atoms with Crippen molar-refractivity contribution in [3.63, 3.8) is 0 Å². The van der Waals surface area contributed by atoms with Crippen molar-refractivity contribution in [2.45, 2.75) is 64.4 Å². The molecule has 11 heteroatoms. The molecule has 1 aromatic carbocycles. The van der Waals surface area contributed by atoms with Gasteiger partial charge in [-0.3, -0.25) is 19.2 Å². The minimum atomic E-state index is -0.865. The van der Waals surface area contributed by atoms with Gasteiger partial charge in [-0.1, -0.05) is 25.4 Å². The Bertz CT molecular complexity index is 955. The van der Waals surface area contributed by atoms with Crippen LogP contribution in [0.25, 0.3) is 0 Å². The molecule has 2 unspecified atom stereocenters. The van der Waals surface area contributed by atoms with Crippen LogP contribution in [0.2, 0.25) is 5.02 Å². The number of rotatable bonds is 8. The number of carbonyl (C=O) groups excluding carboxylic acids is 4. The van der Waals surface area contributed by atoms with Gasteiger partial charge in [-0.15, -0.1) is 0 Å². The molecule has 1 aromatic rings. The minimum absolute atomic E-state index is 0.00573. The highest BCUT2D eigenvalue weighted by Gasteiger charge is 2.41. The van der Waals surface area contributed by atoms with Gasteiger partial charge in [-0.05, 0) is 43.9 Å². The number of likely N-dealkylation sites (tertiary alicyclic amines) is 1. The van der Waals surface area contributed by atoms with E-state index < -0.39 is 36.3 Å². The lowest BCUT2D eigenvalue weighted by atomic mass is 10.1. The summed E-state index contributed by atoms with van der Waals surface area (Å²) in [5.74, 6) is -1.44. The summed E-state index contributed by atoms with van der Waals surface area (Å²) in [6, 6.07) is 2.26. The zero-order valence-corrected chi connectivity index (χ0v) is 20.3. The van der Waals surface area contributed by atoms with Gasteiger partial charge in [0, 0.05) is 12.1 Å². The molecule has 2 aliphatic heterocycles. The Morgan fingerprint density at radius 2 is 2.03 bits per heavy atom. The first-order valence-corrected chi connectivity index (χ1v) is 11.7. The molecule has 4 atom stereocenters. The van der Waals surface area contributed by atoms with E-state index in [1.807, 2.05) is 13.8 Å². The van der Waals surface area contributed by atoms with Gasteiger partial charge in [-0.25, -0.2) is 0 Å². The summed E-state index contributed by atoms with van der Waals surface area (Å²) in [7, 11) is 0. The number of nitrogen functional groups attached to an aromatic ring is 1. The summed E-state index contributed by atoms with van der Waals surface area (Å²) >= 11 is 5.98. The number of anilines is 1. The maximum atomic E-state index is 13.1. The molecule has 34 heavy (non-hydrogen) atoms. The molecular formula is C23H31ClN4O6. The van der Waals surface area contributed by atoms with E-state index in [2.05, 4.69) is 10.6 Å². The Kier molecular flexibility index (Phi) is 8.37. The minimum Gasteiger partial charge on any atom is -0.433 e. The fourth-order valence-electron chi connectivity index (χ4n) is 3.93. The molecular weight excluding hydrogens is 464 g/mol. The smallest absolute Gasteiger partial charge is 0.310 e. The molecule has 3 amide bonds. The van der Waals surface area contributed by atoms with Crippen LogP contribution in [0.3, 0.4) is 0 Å². The van der Waals surface area contributed by atoms with Gasteiger partial charge >= 0.3 is 5.97 Å². The third-order valence-corrected chi connectivity index (χ3v) is 6.03. The summed E-state index contributed by atoms with van der Waals surface area (Å²) in [5.41, 5.74) is 6.29. The molecule has 10 nitrogen and oxygen atoms in total. The second-order valence-electron chi connectivity index (χ2n) is 9.03. The average molecular weight is 495 g/mol. The number of ether oxygens (including phenoxy) is 2. The predicted octanol–water partition coefficient (Wildman–Crippen LogP) is 1.46. The quantitative estimate of drug-likeness (QED) is 0.367. The van der Waals surface area contributed by atoms with Gasteiger partial charge in [0.25, 0.3) is 5.91 Å². The zero-order valence-electron chi connectivity index (χ0n) is 19.5. The molecule has 0 aliphatic carbocycles. The monoisotopic (exact) mass is 494 g/mol. The lowest BCUT2D eigenvalue weighted by Crippen LogP contribution is -2.54. The van der Waals surface area contributed by atoms with E-state index in [9.17, 15) is 19.2 Å². The second kappa shape index (κ2) is 11.1. The van der Waals surface area contributed by atoms with E-state index in [-0.39, 0.29) is 34.7 Å². The SMILES string of the molecule is CC(C)COC1OC(=O)CC1NC(=O)[C@@H]1CCCN1C(=O)[C@H](C)NC(=O)c1ccc(N)c(Cl)c1. The number of amides is 3. The highest BCUT2D eigenvalue weighted by molar-refractivity contribution is 6.33. The summed E-state index contributed by atoms with van der Waals surface area (Å²) < 4.78 is 10.8. The molecule has 4 N–H and O–H groups in total. The summed E-state index contributed by atoms with van der Waals surface area (Å²) in [6.07, 6.45) is 0.275. The van der Waals surface area contributed by atoms with Crippen molar-refractivity contribution in [1.82, 2.24) is 15.5 Å². The predicted molar refractivity (Wildman–Crippen MR) is 125 cm³/mol. The number of nitrogens with one attached hydrogen (secondary N) is 2. The van der Waals surface area contributed by atoms with Crippen molar-refractivity contribution in [3.8, 4) is 0 Å². The second-order valence-corrected chi connectivity index (χ2v) is 9.43. The molecule has 2 aliphatic rings. The van der Waals surface area contributed by atoms with Crippen LogP contribution < -0.4 is 16.4 Å². The number of carbonyl (C=O) groups is 4. The summed E-state index contributed by atoms with van der Waals surface area (Å²) in [6.45, 7) is 6.26. The van der Waals surface area contributed by atoms with Crippen LogP contribution >= 0.6 is 11.6 Å². The van der Waals surface area contributed by atoms with E-state index in [0.717, 1.165) is 0 Å². The van der Waals surface area contributed by atoms with Crippen molar-refractivity contribution in [2.75, 3.05) is 18.9 Å². The number of nitrogens with zero attached hydrogens (tertiary/aromatic N) is 1. The van der Waals surface area contributed by atoms with Crippen molar-refractivity contribution in [3.05, 3.63) is 28.8 Å². The lowest BCUT2D eigenvalue weighted by molar-refractivity contribution is -0.167. The van der Waals surface area contributed by atoms with E-state index in [1.54, 1.807) is 6.92 Å². The molecule has 2 fully saturated rings. The number of cyclic esters (lactones) is 1. The maximum absolute atomic E-state index is 13.1. The van der Waals surface area contributed by atoms with E-state index in [1.165, 1.54) is 23.1 Å². The largest absolute Gasteiger partial charge is 0.433 e. The fourth-order valence-corrected chi connectivity index (χ4v) is 4.11. The van der Waals surface area contributed by atoms with Crippen LogP contribution in [0.15, 0.2) is 18.2 Å². The Labute approximate surface area is 203 Å². The number of benzene rings is 1. The Morgan fingerprint density at radius 3 is 2.71 bits per heavy atom. The van der Waals surface area contributed by atoms with Crippen molar-refractivity contribution in [1.29, 1.82) is 0 Å². The van der Waals surface area contributed by atoms with Crippen LogP contribution in [0, 0.1) is 5.92 Å². The topological polar surface area (TPSA) is 140 Å². The van der Waals surface area contributed by atoms with Crippen molar-refractivity contribution < 1.29 is 28.7 Å². The average Bonchev–Trinajstić information content (AvgIpc) is 3.40. The first-order chi connectivity index (χ1) is 16.1. The van der Waals surface area contributed by atoms with E-state index in [4.69, 9.17) is 26.8 Å². The van der Waals surface area contributed by atoms with Crippen LogP contribution in [0.5, 0.6) is 0 Å². The maximum Gasteiger partial charge on any atom is 0.310 e. The normalized spacial score (nSPS) is 23.0. The third kappa shape index (κ3) is 6.18.